The first-order chi connectivity index (χ1) is 10.4. The van der Waals surface area contributed by atoms with E-state index in [2.05, 4.69) is 9.71 Å². The predicted molar refractivity (Wildman–Crippen MR) is 82.4 cm³/mol. The van der Waals surface area contributed by atoms with Gasteiger partial charge in [-0.3, -0.25) is 4.72 Å². The van der Waals surface area contributed by atoms with Crippen LogP contribution in [0.3, 0.4) is 0 Å². The molecule has 0 spiro atoms. The molecule has 0 fully saturated rings. The van der Waals surface area contributed by atoms with Crippen molar-refractivity contribution in [2.24, 2.45) is 0 Å². The Morgan fingerprint density at radius 2 is 1.95 bits per heavy atom. The summed E-state index contributed by atoms with van der Waals surface area (Å²) in [5, 5.41) is -0.0130. The van der Waals surface area contributed by atoms with Crippen molar-refractivity contribution >= 4 is 15.7 Å². The van der Waals surface area contributed by atoms with Crippen LogP contribution in [0, 0.1) is 0 Å². The van der Waals surface area contributed by atoms with Crippen LogP contribution in [0.1, 0.15) is 19.9 Å². The molecule has 2 rings (SSSR count). The maximum atomic E-state index is 12.3. The predicted octanol–water partition coefficient (Wildman–Crippen LogP) is 2.25. The third-order valence-electron chi connectivity index (χ3n) is 2.90. The molecule has 0 unspecified atom stereocenters. The lowest BCUT2D eigenvalue weighted by Gasteiger charge is -2.08. The number of imidazole rings is 1. The van der Waals surface area contributed by atoms with Gasteiger partial charge in [0, 0.05) is 25.0 Å². The minimum absolute atomic E-state index is 0.0130. The Kier molecular flexibility index (Phi) is 5.04. The van der Waals surface area contributed by atoms with E-state index in [1.807, 2.05) is 13.8 Å². The number of hydrogen-bond donors (Lipinski definition) is 1. The molecule has 8 heteroatoms. The molecular formula is C14H19N3O4S. The number of hydrogen-bond acceptors (Lipinski definition) is 5. The van der Waals surface area contributed by atoms with Crippen molar-refractivity contribution in [3.8, 4) is 5.75 Å². The average Bonchev–Trinajstić information content (AvgIpc) is 2.97. The van der Waals surface area contributed by atoms with Gasteiger partial charge in [-0.2, -0.15) is 8.42 Å². The van der Waals surface area contributed by atoms with Crippen LogP contribution in [0.25, 0.3) is 0 Å². The van der Waals surface area contributed by atoms with Crippen LogP contribution in [0.5, 0.6) is 5.75 Å². The number of aromatic nitrogens is 2. The molecule has 1 aromatic carbocycles. The fourth-order valence-electron chi connectivity index (χ4n) is 1.69. The first kappa shape index (κ1) is 16.3. The molecule has 0 bridgehead atoms. The second-order valence-corrected chi connectivity index (χ2v) is 6.56. The lowest BCUT2D eigenvalue weighted by atomic mass is 10.3. The smallest absolute Gasteiger partial charge is 0.280 e. The standard InChI is InChI=1S/C14H19N3O4S/c1-11(2)17-8-14(15-9-17)22(18,19)16-12-4-6-13(7-5-12)21-10-20-3/h4-9,11,16H,10H2,1-3H3. The fraction of sp³-hybridized carbons (Fsp3) is 0.357. The van der Waals surface area contributed by atoms with E-state index < -0.39 is 10.0 Å². The molecule has 0 radical (unpaired) electrons. The normalized spacial score (nSPS) is 11.6. The van der Waals surface area contributed by atoms with Crippen LogP contribution < -0.4 is 9.46 Å². The first-order valence-electron chi connectivity index (χ1n) is 6.70. The van der Waals surface area contributed by atoms with Crippen LogP contribution in [0.15, 0.2) is 41.8 Å². The highest BCUT2D eigenvalue weighted by molar-refractivity contribution is 7.92. The largest absolute Gasteiger partial charge is 0.468 e. The molecule has 0 amide bonds. The zero-order valence-electron chi connectivity index (χ0n) is 12.7. The van der Waals surface area contributed by atoms with Gasteiger partial charge >= 0.3 is 0 Å². The molecule has 120 valence electrons. The van der Waals surface area contributed by atoms with E-state index in [4.69, 9.17) is 9.47 Å². The molecule has 7 nitrogen and oxygen atoms in total. The lowest BCUT2D eigenvalue weighted by Crippen LogP contribution is -2.13. The van der Waals surface area contributed by atoms with Crippen LogP contribution in [-0.2, 0) is 14.8 Å². The molecule has 0 saturated heterocycles. The highest BCUT2D eigenvalue weighted by atomic mass is 32.2. The van der Waals surface area contributed by atoms with Crippen molar-refractivity contribution in [2.45, 2.75) is 24.9 Å². The molecule has 0 aliphatic heterocycles. The minimum Gasteiger partial charge on any atom is -0.468 e. The van der Waals surface area contributed by atoms with Crippen molar-refractivity contribution in [2.75, 3.05) is 18.6 Å². The van der Waals surface area contributed by atoms with E-state index in [0.29, 0.717) is 11.4 Å². The summed E-state index contributed by atoms with van der Waals surface area (Å²) in [6.07, 6.45) is 3.00. The molecule has 0 aliphatic carbocycles. The summed E-state index contributed by atoms with van der Waals surface area (Å²) in [5.74, 6) is 0.592. The van der Waals surface area contributed by atoms with Crippen molar-refractivity contribution in [1.29, 1.82) is 0 Å². The summed E-state index contributed by atoms with van der Waals surface area (Å²) in [4.78, 5) is 3.93. The lowest BCUT2D eigenvalue weighted by molar-refractivity contribution is 0.0511. The summed E-state index contributed by atoms with van der Waals surface area (Å²) < 4.78 is 38.8. The third kappa shape index (κ3) is 3.99. The summed E-state index contributed by atoms with van der Waals surface area (Å²) in [6.45, 7) is 4.03. The fourth-order valence-corrected chi connectivity index (χ4v) is 2.69. The monoisotopic (exact) mass is 325 g/mol. The average molecular weight is 325 g/mol. The third-order valence-corrected chi connectivity index (χ3v) is 4.17. The highest BCUT2D eigenvalue weighted by Gasteiger charge is 2.18. The molecular weight excluding hydrogens is 306 g/mol. The number of sulfonamides is 1. The SMILES string of the molecule is COCOc1ccc(NS(=O)(=O)c2cn(C(C)C)cn2)cc1. The number of methoxy groups -OCH3 is 1. The van der Waals surface area contributed by atoms with Crippen LogP contribution >= 0.6 is 0 Å². The Morgan fingerprint density at radius 3 is 2.50 bits per heavy atom. The number of anilines is 1. The number of nitrogens with zero attached hydrogens (tertiary/aromatic N) is 2. The van der Waals surface area contributed by atoms with Crippen molar-refractivity contribution < 1.29 is 17.9 Å². The van der Waals surface area contributed by atoms with Crippen LogP contribution in [0.2, 0.25) is 0 Å². The topological polar surface area (TPSA) is 82.5 Å². The molecule has 0 aliphatic rings. The van der Waals surface area contributed by atoms with Gasteiger partial charge in [0.05, 0.1) is 6.33 Å². The number of nitrogens with one attached hydrogen (secondary N) is 1. The minimum atomic E-state index is -3.70. The zero-order chi connectivity index (χ0) is 16.2. The van der Waals surface area contributed by atoms with Crippen LogP contribution in [0.4, 0.5) is 5.69 Å². The van der Waals surface area contributed by atoms with E-state index in [1.54, 1.807) is 28.8 Å². The van der Waals surface area contributed by atoms with Gasteiger partial charge < -0.3 is 14.0 Å². The second-order valence-electron chi connectivity index (χ2n) is 4.93. The van der Waals surface area contributed by atoms with Gasteiger partial charge in [0.15, 0.2) is 11.8 Å². The number of benzene rings is 1. The maximum absolute atomic E-state index is 12.3. The summed E-state index contributed by atoms with van der Waals surface area (Å²) >= 11 is 0. The van der Waals surface area contributed by atoms with Gasteiger partial charge in [0.2, 0.25) is 0 Å². The van der Waals surface area contributed by atoms with E-state index in [-0.39, 0.29) is 17.9 Å². The molecule has 1 heterocycles. The molecule has 1 aromatic heterocycles. The van der Waals surface area contributed by atoms with E-state index in [1.165, 1.54) is 19.6 Å². The zero-order valence-corrected chi connectivity index (χ0v) is 13.5. The first-order valence-corrected chi connectivity index (χ1v) is 8.19. The maximum Gasteiger partial charge on any atom is 0.280 e. The van der Waals surface area contributed by atoms with Crippen molar-refractivity contribution in [3.05, 3.63) is 36.8 Å². The summed E-state index contributed by atoms with van der Waals surface area (Å²) in [6, 6.07) is 6.69. The molecule has 2 aromatic rings. The van der Waals surface area contributed by atoms with Gasteiger partial charge in [-0.1, -0.05) is 0 Å². The Labute approximate surface area is 129 Å². The second kappa shape index (κ2) is 6.80. The van der Waals surface area contributed by atoms with Gasteiger partial charge in [-0.15, -0.1) is 0 Å². The Morgan fingerprint density at radius 1 is 1.27 bits per heavy atom. The number of ether oxygens (including phenoxy) is 2. The molecule has 0 atom stereocenters. The highest BCUT2D eigenvalue weighted by Crippen LogP contribution is 2.19. The Bertz CT molecular complexity index is 708. The van der Waals surface area contributed by atoms with E-state index >= 15 is 0 Å². The quantitative estimate of drug-likeness (QED) is 0.790. The Hall–Kier alpha value is -2.06. The molecule has 0 saturated carbocycles. The summed E-state index contributed by atoms with van der Waals surface area (Å²) in [5.41, 5.74) is 0.434. The van der Waals surface area contributed by atoms with Gasteiger partial charge in [0.25, 0.3) is 10.0 Å². The molecule has 22 heavy (non-hydrogen) atoms. The number of rotatable bonds is 7. The van der Waals surface area contributed by atoms with Crippen molar-refractivity contribution in [1.82, 2.24) is 9.55 Å². The Balaban J connectivity index is 2.10. The summed E-state index contributed by atoms with van der Waals surface area (Å²) in [7, 11) is -2.18. The van der Waals surface area contributed by atoms with Crippen molar-refractivity contribution in [3.63, 3.8) is 0 Å². The van der Waals surface area contributed by atoms with Gasteiger partial charge in [0.1, 0.15) is 5.75 Å². The van der Waals surface area contributed by atoms with E-state index in [0.717, 1.165) is 0 Å². The van der Waals surface area contributed by atoms with E-state index in [9.17, 15) is 8.42 Å². The van der Waals surface area contributed by atoms with Crippen LogP contribution in [-0.4, -0.2) is 31.9 Å². The van der Waals surface area contributed by atoms with Gasteiger partial charge in [-0.05, 0) is 38.1 Å². The van der Waals surface area contributed by atoms with Gasteiger partial charge in [-0.25, -0.2) is 4.98 Å². The molecule has 1 N–H and O–H groups in total.